The topological polar surface area (TPSA) is 20.3 Å². The molecule has 0 saturated heterocycles. The lowest BCUT2D eigenvalue weighted by atomic mass is 10.0. The molecule has 0 radical (unpaired) electrons. The molecule has 2 nitrogen and oxygen atoms in total. The van der Waals surface area contributed by atoms with Crippen molar-refractivity contribution in [2.75, 3.05) is 19.0 Å². The molecular formula is C17H17NO. The molecular weight excluding hydrogens is 234 g/mol. The van der Waals surface area contributed by atoms with E-state index < -0.39 is 0 Å². The van der Waals surface area contributed by atoms with Crippen molar-refractivity contribution in [2.24, 2.45) is 0 Å². The molecule has 0 heterocycles. The van der Waals surface area contributed by atoms with Crippen LogP contribution in [0, 0.1) is 0 Å². The number of allylic oxidation sites excluding steroid dienone is 3. The fraction of sp³-hybridized carbons (Fsp3) is 0.118. The van der Waals surface area contributed by atoms with Crippen LogP contribution in [0.15, 0.2) is 54.6 Å². The SMILES string of the molecule is CN(C)c1ccc(C=CC=CC=O)c2ccccc12. The van der Waals surface area contributed by atoms with Crippen molar-refractivity contribution in [2.45, 2.75) is 0 Å². The number of carbonyl (C=O) groups excluding carboxylic acids is 1. The van der Waals surface area contributed by atoms with Gasteiger partial charge in [-0.2, -0.15) is 0 Å². The number of nitrogens with zero attached hydrogens (tertiary/aromatic N) is 1. The summed E-state index contributed by atoms with van der Waals surface area (Å²) in [7, 11) is 4.09. The van der Waals surface area contributed by atoms with Crippen molar-refractivity contribution >= 4 is 28.8 Å². The van der Waals surface area contributed by atoms with Crippen LogP contribution in [0.5, 0.6) is 0 Å². The number of anilines is 1. The van der Waals surface area contributed by atoms with Gasteiger partial charge in [0, 0.05) is 25.2 Å². The Balaban J connectivity index is 2.52. The minimum absolute atomic E-state index is 0.775. The van der Waals surface area contributed by atoms with Crippen LogP contribution >= 0.6 is 0 Å². The number of rotatable bonds is 4. The maximum atomic E-state index is 10.2. The first-order valence-electron chi connectivity index (χ1n) is 6.21. The molecule has 2 aromatic rings. The van der Waals surface area contributed by atoms with Gasteiger partial charge in [0.25, 0.3) is 0 Å². The Labute approximate surface area is 113 Å². The van der Waals surface area contributed by atoms with E-state index in [-0.39, 0.29) is 0 Å². The second-order valence-corrected chi connectivity index (χ2v) is 4.49. The number of benzene rings is 2. The average molecular weight is 251 g/mol. The molecule has 0 amide bonds. The van der Waals surface area contributed by atoms with Crippen molar-refractivity contribution in [1.82, 2.24) is 0 Å². The molecule has 0 saturated carbocycles. The van der Waals surface area contributed by atoms with Crippen LogP contribution in [0.25, 0.3) is 16.8 Å². The third-order valence-electron chi connectivity index (χ3n) is 2.99. The van der Waals surface area contributed by atoms with Gasteiger partial charge in [-0.25, -0.2) is 0 Å². The summed E-state index contributed by atoms with van der Waals surface area (Å²) in [5.74, 6) is 0. The lowest BCUT2D eigenvalue weighted by molar-refractivity contribution is -0.104. The summed E-state index contributed by atoms with van der Waals surface area (Å²) in [5.41, 5.74) is 2.35. The standard InChI is InChI=1S/C17H17NO/c1-18(2)17-12-11-14(8-4-3-7-13-19)15-9-5-6-10-16(15)17/h3-13H,1-2H3. The number of hydrogen-bond acceptors (Lipinski definition) is 2. The highest BCUT2D eigenvalue weighted by Gasteiger charge is 2.04. The quantitative estimate of drug-likeness (QED) is 0.469. The van der Waals surface area contributed by atoms with Crippen molar-refractivity contribution in [3.8, 4) is 0 Å². The Morgan fingerprint density at radius 2 is 1.63 bits per heavy atom. The third kappa shape index (κ3) is 2.91. The third-order valence-corrected chi connectivity index (χ3v) is 2.99. The van der Waals surface area contributed by atoms with E-state index >= 15 is 0 Å². The largest absolute Gasteiger partial charge is 0.377 e. The van der Waals surface area contributed by atoms with Crippen LogP contribution < -0.4 is 4.90 Å². The van der Waals surface area contributed by atoms with Crippen molar-refractivity contribution in [1.29, 1.82) is 0 Å². The summed E-state index contributed by atoms with van der Waals surface area (Å²) in [6.45, 7) is 0. The van der Waals surface area contributed by atoms with Gasteiger partial charge in [0.05, 0.1) is 0 Å². The molecule has 0 N–H and O–H groups in total. The molecule has 0 aliphatic rings. The van der Waals surface area contributed by atoms with E-state index in [0.717, 1.165) is 11.8 Å². The van der Waals surface area contributed by atoms with E-state index in [1.54, 1.807) is 6.08 Å². The number of hydrogen-bond donors (Lipinski definition) is 0. The van der Waals surface area contributed by atoms with E-state index in [1.807, 2.05) is 32.3 Å². The summed E-state index contributed by atoms with van der Waals surface area (Å²) in [4.78, 5) is 12.3. The molecule has 0 unspecified atom stereocenters. The molecule has 0 aliphatic carbocycles. The molecule has 19 heavy (non-hydrogen) atoms. The predicted molar refractivity (Wildman–Crippen MR) is 82.5 cm³/mol. The minimum atomic E-state index is 0.775. The lowest BCUT2D eigenvalue weighted by Gasteiger charge is -2.16. The molecule has 0 aliphatic heterocycles. The molecule has 96 valence electrons. The van der Waals surface area contributed by atoms with E-state index in [2.05, 4.69) is 35.2 Å². The van der Waals surface area contributed by atoms with Gasteiger partial charge in [-0.3, -0.25) is 4.79 Å². The van der Waals surface area contributed by atoms with Crippen LogP contribution in [0.4, 0.5) is 5.69 Å². The molecule has 0 fully saturated rings. The molecule has 0 spiro atoms. The number of carbonyl (C=O) groups is 1. The molecule has 0 bridgehead atoms. The van der Waals surface area contributed by atoms with E-state index in [4.69, 9.17) is 0 Å². The van der Waals surface area contributed by atoms with Gasteiger partial charge in [0.1, 0.15) is 6.29 Å². The van der Waals surface area contributed by atoms with Crippen LogP contribution in [-0.4, -0.2) is 20.4 Å². The normalized spacial score (nSPS) is 11.5. The fourth-order valence-corrected chi connectivity index (χ4v) is 2.11. The summed E-state index contributed by atoms with van der Waals surface area (Å²) in [5, 5.41) is 2.44. The second-order valence-electron chi connectivity index (χ2n) is 4.49. The summed E-state index contributed by atoms with van der Waals surface area (Å²) in [6.07, 6.45) is 7.89. The first-order chi connectivity index (χ1) is 9.24. The molecule has 2 rings (SSSR count). The van der Waals surface area contributed by atoms with Crippen molar-refractivity contribution in [3.63, 3.8) is 0 Å². The molecule has 0 aromatic heterocycles. The highest BCUT2D eigenvalue weighted by Crippen LogP contribution is 2.29. The molecule has 0 atom stereocenters. The Morgan fingerprint density at radius 1 is 0.895 bits per heavy atom. The first kappa shape index (κ1) is 13.1. The van der Waals surface area contributed by atoms with Gasteiger partial charge >= 0.3 is 0 Å². The first-order valence-corrected chi connectivity index (χ1v) is 6.21. The van der Waals surface area contributed by atoms with Crippen molar-refractivity contribution < 1.29 is 4.79 Å². The zero-order chi connectivity index (χ0) is 13.7. The van der Waals surface area contributed by atoms with Gasteiger partial charge in [0.15, 0.2) is 0 Å². The number of fused-ring (bicyclic) bond motifs is 1. The summed E-state index contributed by atoms with van der Waals surface area (Å²) < 4.78 is 0. The van der Waals surface area contributed by atoms with E-state index in [1.165, 1.54) is 22.5 Å². The van der Waals surface area contributed by atoms with Gasteiger partial charge in [-0.15, -0.1) is 0 Å². The zero-order valence-electron chi connectivity index (χ0n) is 11.2. The highest BCUT2D eigenvalue weighted by molar-refractivity contribution is 5.99. The monoisotopic (exact) mass is 251 g/mol. The molecule has 2 heteroatoms. The van der Waals surface area contributed by atoms with Crippen LogP contribution in [0.2, 0.25) is 0 Å². The van der Waals surface area contributed by atoms with Crippen LogP contribution in [-0.2, 0) is 4.79 Å². The van der Waals surface area contributed by atoms with Gasteiger partial charge < -0.3 is 4.90 Å². The second kappa shape index (κ2) is 6.01. The van der Waals surface area contributed by atoms with Gasteiger partial charge in [-0.1, -0.05) is 48.6 Å². The van der Waals surface area contributed by atoms with Gasteiger partial charge in [-0.05, 0) is 23.1 Å². The summed E-state index contributed by atoms with van der Waals surface area (Å²) >= 11 is 0. The van der Waals surface area contributed by atoms with E-state index in [0.29, 0.717) is 0 Å². The van der Waals surface area contributed by atoms with E-state index in [9.17, 15) is 4.79 Å². The van der Waals surface area contributed by atoms with Crippen LogP contribution in [0.1, 0.15) is 5.56 Å². The minimum Gasteiger partial charge on any atom is -0.377 e. The smallest absolute Gasteiger partial charge is 0.142 e. The average Bonchev–Trinajstić information content (AvgIpc) is 2.43. The van der Waals surface area contributed by atoms with Crippen LogP contribution in [0.3, 0.4) is 0 Å². The Morgan fingerprint density at radius 3 is 2.32 bits per heavy atom. The maximum Gasteiger partial charge on any atom is 0.142 e. The Kier molecular flexibility index (Phi) is 4.14. The fourth-order valence-electron chi connectivity index (χ4n) is 2.11. The lowest BCUT2D eigenvalue weighted by Crippen LogP contribution is -2.09. The predicted octanol–water partition coefficient (Wildman–Crippen LogP) is 3.67. The van der Waals surface area contributed by atoms with Crippen molar-refractivity contribution in [3.05, 3.63) is 60.2 Å². The Hall–Kier alpha value is -2.35. The Bertz CT molecular complexity index is 639. The highest BCUT2D eigenvalue weighted by atomic mass is 16.1. The molecule has 2 aromatic carbocycles. The number of aldehydes is 1. The van der Waals surface area contributed by atoms with Gasteiger partial charge in [0.2, 0.25) is 0 Å². The summed E-state index contributed by atoms with van der Waals surface area (Å²) in [6, 6.07) is 12.6. The zero-order valence-corrected chi connectivity index (χ0v) is 11.2. The maximum absolute atomic E-state index is 10.2.